The fourth-order valence-corrected chi connectivity index (χ4v) is 1.51. The van der Waals surface area contributed by atoms with Gasteiger partial charge in [-0.1, -0.05) is 37.3 Å². The van der Waals surface area contributed by atoms with E-state index in [-0.39, 0.29) is 0 Å². The molecule has 1 radical (unpaired) electrons. The van der Waals surface area contributed by atoms with Gasteiger partial charge in [-0.25, -0.2) is 0 Å². The summed E-state index contributed by atoms with van der Waals surface area (Å²) in [5, 5.41) is 0. The van der Waals surface area contributed by atoms with Crippen LogP contribution in [0.5, 0.6) is 0 Å². The Hall–Kier alpha value is -0.430. The van der Waals surface area contributed by atoms with Gasteiger partial charge >= 0.3 is 0 Å². The fourth-order valence-electron chi connectivity index (χ4n) is 0.805. The molecule has 0 saturated carbocycles. The molecule has 1 heteroatoms. The SMILES string of the molecule is CCCS[CH]c1ccccc1. The van der Waals surface area contributed by atoms with Crippen molar-refractivity contribution in [3.05, 3.63) is 41.6 Å². The molecule has 0 spiro atoms. The maximum Gasteiger partial charge on any atom is 0.0456 e. The molecule has 1 aromatic rings. The Morgan fingerprint density at radius 1 is 1.27 bits per heavy atom. The first kappa shape index (κ1) is 8.66. The molecular weight excluding hydrogens is 152 g/mol. The van der Waals surface area contributed by atoms with Crippen molar-refractivity contribution in [3.63, 3.8) is 0 Å². The average Bonchev–Trinajstić information content (AvgIpc) is 2.07. The highest BCUT2D eigenvalue weighted by Gasteiger charge is 1.90. The first-order chi connectivity index (χ1) is 5.43. The highest BCUT2D eigenvalue weighted by molar-refractivity contribution is 8.01. The topological polar surface area (TPSA) is 0 Å². The first-order valence-electron chi connectivity index (χ1n) is 3.93. The van der Waals surface area contributed by atoms with Gasteiger partial charge in [0.05, 0.1) is 0 Å². The fraction of sp³-hybridized carbons (Fsp3) is 0.300. The van der Waals surface area contributed by atoms with Gasteiger partial charge in [-0.3, -0.25) is 0 Å². The van der Waals surface area contributed by atoms with Crippen LogP contribution < -0.4 is 0 Å². The molecule has 0 bridgehead atoms. The van der Waals surface area contributed by atoms with Crippen LogP contribution in [0.3, 0.4) is 0 Å². The molecular formula is C10H13S. The highest BCUT2D eigenvalue weighted by Crippen LogP contribution is 2.14. The molecule has 0 aliphatic heterocycles. The Bertz CT molecular complexity index is 181. The molecule has 0 saturated heterocycles. The molecule has 0 aliphatic rings. The zero-order valence-electron chi connectivity index (χ0n) is 6.79. The van der Waals surface area contributed by atoms with E-state index in [2.05, 4.69) is 36.9 Å². The lowest BCUT2D eigenvalue weighted by atomic mass is 10.2. The third-order valence-corrected chi connectivity index (χ3v) is 2.42. The van der Waals surface area contributed by atoms with Crippen LogP contribution in [-0.4, -0.2) is 5.75 Å². The van der Waals surface area contributed by atoms with Crippen molar-refractivity contribution >= 4 is 11.8 Å². The predicted molar refractivity (Wildman–Crippen MR) is 52.6 cm³/mol. The summed E-state index contributed by atoms with van der Waals surface area (Å²) < 4.78 is 0. The van der Waals surface area contributed by atoms with E-state index in [9.17, 15) is 0 Å². The molecule has 0 amide bonds. The largest absolute Gasteiger partial charge is 0.152 e. The van der Waals surface area contributed by atoms with Crippen LogP contribution in [0.1, 0.15) is 18.9 Å². The van der Waals surface area contributed by atoms with E-state index in [1.165, 1.54) is 17.7 Å². The monoisotopic (exact) mass is 165 g/mol. The van der Waals surface area contributed by atoms with Gasteiger partial charge in [0.15, 0.2) is 0 Å². The summed E-state index contributed by atoms with van der Waals surface area (Å²) >= 11 is 1.88. The zero-order chi connectivity index (χ0) is 7.94. The van der Waals surface area contributed by atoms with E-state index in [0.717, 1.165) is 0 Å². The molecule has 0 atom stereocenters. The predicted octanol–water partition coefficient (Wildman–Crippen LogP) is 3.34. The normalized spacial score (nSPS) is 9.91. The van der Waals surface area contributed by atoms with Crippen LogP contribution >= 0.6 is 11.8 Å². The Kier molecular flexibility index (Phi) is 4.14. The van der Waals surface area contributed by atoms with Gasteiger partial charge in [0.2, 0.25) is 0 Å². The van der Waals surface area contributed by atoms with Crippen LogP contribution in [0.2, 0.25) is 0 Å². The number of rotatable bonds is 4. The molecule has 0 aliphatic carbocycles. The molecule has 59 valence electrons. The average molecular weight is 165 g/mol. The van der Waals surface area contributed by atoms with E-state index in [0.29, 0.717) is 0 Å². The van der Waals surface area contributed by atoms with Gasteiger partial charge in [-0.15, -0.1) is 0 Å². The lowest BCUT2D eigenvalue weighted by Gasteiger charge is -1.97. The van der Waals surface area contributed by atoms with Crippen LogP contribution in [0.25, 0.3) is 0 Å². The van der Waals surface area contributed by atoms with E-state index in [4.69, 9.17) is 0 Å². The Labute approximate surface area is 73.0 Å². The van der Waals surface area contributed by atoms with Crippen molar-refractivity contribution in [1.82, 2.24) is 0 Å². The number of thioether (sulfide) groups is 1. The van der Waals surface area contributed by atoms with Crippen LogP contribution in [0.4, 0.5) is 0 Å². The minimum absolute atomic E-state index is 1.22. The maximum absolute atomic E-state index is 2.21. The van der Waals surface area contributed by atoms with Gasteiger partial charge in [-0.2, -0.15) is 11.8 Å². The molecule has 1 rings (SSSR count). The van der Waals surface area contributed by atoms with Crippen LogP contribution in [-0.2, 0) is 0 Å². The second-order valence-corrected chi connectivity index (χ2v) is 3.38. The van der Waals surface area contributed by atoms with Gasteiger partial charge in [0, 0.05) is 5.75 Å². The molecule has 0 fully saturated rings. The van der Waals surface area contributed by atoms with Crippen molar-refractivity contribution in [2.75, 3.05) is 5.75 Å². The minimum Gasteiger partial charge on any atom is -0.152 e. The third-order valence-electron chi connectivity index (χ3n) is 1.34. The highest BCUT2D eigenvalue weighted by atomic mass is 32.2. The Balaban J connectivity index is 2.28. The van der Waals surface area contributed by atoms with E-state index in [1.54, 1.807) is 0 Å². The summed E-state index contributed by atoms with van der Waals surface area (Å²) in [5.74, 6) is 3.43. The number of hydrogen-bond donors (Lipinski definition) is 0. The third kappa shape index (κ3) is 3.47. The Morgan fingerprint density at radius 3 is 2.64 bits per heavy atom. The molecule has 0 nitrogen and oxygen atoms in total. The minimum atomic E-state index is 1.22. The molecule has 0 heterocycles. The molecule has 0 N–H and O–H groups in total. The summed E-state index contributed by atoms with van der Waals surface area (Å²) in [6.45, 7) is 2.20. The van der Waals surface area contributed by atoms with Crippen molar-refractivity contribution in [2.24, 2.45) is 0 Å². The molecule has 1 aromatic carbocycles. The van der Waals surface area contributed by atoms with E-state index in [1.807, 2.05) is 17.8 Å². The van der Waals surface area contributed by atoms with Crippen LogP contribution in [0.15, 0.2) is 30.3 Å². The summed E-state index contributed by atoms with van der Waals surface area (Å²) in [5.41, 5.74) is 1.31. The van der Waals surface area contributed by atoms with Gasteiger partial charge in [0.25, 0.3) is 0 Å². The van der Waals surface area contributed by atoms with E-state index >= 15 is 0 Å². The molecule has 0 aromatic heterocycles. The van der Waals surface area contributed by atoms with Crippen molar-refractivity contribution in [2.45, 2.75) is 13.3 Å². The Morgan fingerprint density at radius 2 is 2.00 bits per heavy atom. The van der Waals surface area contributed by atoms with Gasteiger partial charge < -0.3 is 0 Å². The maximum atomic E-state index is 2.21. The van der Waals surface area contributed by atoms with Gasteiger partial charge in [0.1, 0.15) is 0 Å². The molecule has 11 heavy (non-hydrogen) atoms. The van der Waals surface area contributed by atoms with E-state index < -0.39 is 0 Å². The lowest BCUT2D eigenvalue weighted by molar-refractivity contribution is 1.11. The van der Waals surface area contributed by atoms with Crippen LogP contribution in [0, 0.1) is 5.75 Å². The van der Waals surface area contributed by atoms with Crippen molar-refractivity contribution in [1.29, 1.82) is 0 Å². The van der Waals surface area contributed by atoms with Crippen molar-refractivity contribution < 1.29 is 0 Å². The number of hydrogen-bond acceptors (Lipinski definition) is 1. The second kappa shape index (κ2) is 5.25. The zero-order valence-corrected chi connectivity index (χ0v) is 7.60. The number of benzene rings is 1. The standard InChI is InChI=1S/C10H13S/c1-2-8-11-9-10-6-4-3-5-7-10/h3-7,9H,2,8H2,1H3. The van der Waals surface area contributed by atoms with Gasteiger partial charge in [-0.05, 0) is 17.7 Å². The molecule has 0 unspecified atom stereocenters. The quantitative estimate of drug-likeness (QED) is 0.617. The smallest absolute Gasteiger partial charge is 0.0456 e. The van der Waals surface area contributed by atoms with Crippen molar-refractivity contribution in [3.8, 4) is 0 Å². The second-order valence-electron chi connectivity index (χ2n) is 2.40. The lowest BCUT2D eigenvalue weighted by Crippen LogP contribution is -1.77. The summed E-state index contributed by atoms with van der Waals surface area (Å²) in [6, 6.07) is 10.4. The summed E-state index contributed by atoms with van der Waals surface area (Å²) in [6.07, 6.45) is 1.24. The first-order valence-corrected chi connectivity index (χ1v) is 4.98. The summed E-state index contributed by atoms with van der Waals surface area (Å²) in [7, 11) is 0. The summed E-state index contributed by atoms with van der Waals surface area (Å²) in [4.78, 5) is 0.